The van der Waals surface area contributed by atoms with Crippen molar-refractivity contribution < 1.29 is 29.3 Å². The predicted octanol–water partition coefficient (Wildman–Crippen LogP) is 2.54. The number of rotatable bonds is 7. The molecule has 0 aliphatic carbocycles. The van der Waals surface area contributed by atoms with E-state index < -0.39 is 17.7 Å². The molecule has 2 heterocycles. The van der Waals surface area contributed by atoms with Crippen LogP contribution in [0, 0.1) is 0 Å². The minimum absolute atomic E-state index is 0.0159. The first-order valence-electron chi connectivity index (χ1n) is 11.0. The molecular formula is C25H28N2O6. The smallest absolute Gasteiger partial charge is 0.295 e. The average molecular weight is 453 g/mol. The van der Waals surface area contributed by atoms with Gasteiger partial charge in [0, 0.05) is 31.7 Å². The van der Waals surface area contributed by atoms with Crippen LogP contribution in [-0.4, -0.2) is 78.2 Å². The van der Waals surface area contributed by atoms with Crippen molar-refractivity contribution in [3.05, 3.63) is 65.2 Å². The van der Waals surface area contributed by atoms with Gasteiger partial charge >= 0.3 is 0 Å². The molecule has 2 fully saturated rings. The number of carbonyl (C=O) groups is 2. The minimum atomic E-state index is -0.788. The Morgan fingerprint density at radius 3 is 2.48 bits per heavy atom. The Bertz CT molecular complexity index is 1040. The number of likely N-dealkylation sites (tertiary alicyclic amines) is 1. The summed E-state index contributed by atoms with van der Waals surface area (Å²) in [6.45, 7) is 4.18. The highest BCUT2D eigenvalue weighted by molar-refractivity contribution is 6.46. The highest BCUT2D eigenvalue weighted by atomic mass is 16.5. The Morgan fingerprint density at radius 2 is 1.82 bits per heavy atom. The van der Waals surface area contributed by atoms with Gasteiger partial charge in [-0.25, -0.2) is 0 Å². The zero-order valence-electron chi connectivity index (χ0n) is 18.6. The van der Waals surface area contributed by atoms with E-state index >= 15 is 0 Å². The molecule has 1 atom stereocenters. The molecule has 1 amide bonds. The van der Waals surface area contributed by atoms with Crippen molar-refractivity contribution in [2.24, 2.45) is 0 Å². The molecule has 0 bridgehead atoms. The second-order valence-electron chi connectivity index (χ2n) is 8.12. The van der Waals surface area contributed by atoms with E-state index in [1.54, 1.807) is 43.5 Å². The molecule has 2 aromatic carbocycles. The number of methoxy groups -OCH3 is 1. The zero-order valence-corrected chi connectivity index (χ0v) is 18.6. The van der Waals surface area contributed by atoms with E-state index in [2.05, 4.69) is 4.90 Å². The van der Waals surface area contributed by atoms with E-state index in [0.29, 0.717) is 43.1 Å². The van der Waals surface area contributed by atoms with Crippen LogP contribution < -0.4 is 4.74 Å². The molecule has 174 valence electrons. The van der Waals surface area contributed by atoms with E-state index in [4.69, 9.17) is 9.47 Å². The fourth-order valence-electron chi connectivity index (χ4n) is 4.35. The van der Waals surface area contributed by atoms with Gasteiger partial charge in [0.2, 0.25) is 0 Å². The van der Waals surface area contributed by atoms with Crippen molar-refractivity contribution in [2.45, 2.75) is 12.5 Å². The number of phenols is 1. The summed E-state index contributed by atoms with van der Waals surface area (Å²) in [5.74, 6) is -1.00. The highest BCUT2D eigenvalue weighted by Crippen LogP contribution is 2.40. The van der Waals surface area contributed by atoms with Crippen LogP contribution in [0.2, 0.25) is 0 Å². The van der Waals surface area contributed by atoms with Gasteiger partial charge in [-0.1, -0.05) is 12.1 Å². The predicted molar refractivity (Wildman–Crippen MR) is 122 cm³/mol. The van der Waals surface area contributed by atoms with Crippen LogP contribution in [0.3, 0.4) is 0 Å². The molecule has 0 radical (unpaired) electrons. The van der Waals surface area contributed by atoms with Crippen LogP contribution >= 0.6 is 0 Å². The SMILES string of the molecule is COc1ccc(C(O)=C2C(=O)C(=O)N(CCCN3CCOCC3)[C@H]2c2cccc(O)c2)cc1. The molecule has 2 N–H and O–H groups in total. The number of amides is 1. The summed E-state index contributed by atoms with van der Waals surface area (Å²) < 4.78 is 10.5. The third kappa shape index (κ3) is 4.86. The number of ether oxygens (including phenoxy) is 2. The van der Waals surface area contributed by atoms with Crippen molar-refractivity contribution in [2.75, 3.05) is 46.5 Å². The van der Waals surface area contributed by atoms with E-state index in [1.807, 2.05) is 0 Å². The van der Waals surface area contributed by atoms with Crippen LogP contribution in [0.25, 0.3) is 5.76 Å². The van der Waals surface area contributed by atoms with Gasteiger partial charge < -0.3 is 24.6 Å². The number of hydrogen-bond acceptors (Lipinski definition) is 7. The maximum absolute atomic E-state index is 13.1. The van der Waals surface area contributed by atoms with Crippen LogP contribution in [0.5, 0.6) is 11.5 Å². The van der Waals surface area contributed by atoms with Crippen LogP contribution in [0.4, 0.5) is 0 Å². The molecule has 2 saturated heterocycles. The van der Waals surface area contributed by atoms with Crippen molar-refractivity contribution in [1.82, 2.24) is 9.80 Å². The van der Waals surface area contributed by atoms with Crippen molar-refractivity contribution in [3.8, 4) is 11.5 Å². The number of carbonyl (C=O) groups excluding carboxylic acids is 2. The number of morpholine rings is 1. The fraction of sp³-hybridized carbons (Fsp3) is 0.360. The Balaban J connectivity index is 1.66. The van der Waals surface area contributed by atoms with Crippen molar-refractivity contribution in [1.29, 1.82) is 0 Å². The van der Waals surface area contributed by atoms with Gasteiger partial charge in [0.05, 0.1) is 31.9 Å². The Labute approximate surface area is 192 Å². The quantitative estimate of drug-likeness (QED) is 0.378. The first-order chi connectivity index (χ1) is 16.0. The topological polar surface area (TPSA) is 99.5 Å². The lowest BCUT2D eigenvalue weighted by molar-refractivity contribution is -0.140. The third-order valence-corrected chi connectivity index (χ3v) is 6.07. The highest BCUT2D eigenvalue weighted by Gasteiger charge is 2.45. The normalized spacial score (nSPS) is 20.9. The van der Waals surface area contributed by atoms with Crippen LogP contribution in [0.1, 0.15) is 23.6 Å². The molecular weight excluding hydrogens is 424 g/mol. The summed E-state index contributed by atoms with van der Waals surface area (Å²) in [7, 11) is 1.54. The monoisotopic (exact) mass is 452 g/mol. The molecule has 4 rings (SSSR count). The second-order valence-corrected chi connectivity index (χ2v) is 8.12. The number of aromatic hydroxyl groups is 1. The zero-order chi connectivity index (χ0) is 23.4. The second kappa shape index (κ2) is 10.1. The number of benzene rings is 2. The van der Waals surface area contributed by atoms with Gasteiger partial charge in [0.25, 0.3) is 11.7 Å². The lowest BCUT2D eigenvalue weighted by atomic mass is 9.95. The van der Waals surface area contributed by atoms with Crippen LogP contribution in [-0.2, 0) is 14.3 Å². The first kappa shape index (κ1) is 22.8. The van der Waals surface area contributed by atoms with E-state index in [9.17, 15) is 19.8 Å². The molecule has 2 aliphatic heterocycles. The third-order valence-electron chi connectivity index (χ3n) is 6.07. The number of hydrogen-bond donors (Lipinski definition) is 2. The Kier molecular flexibility index (Phi) is 6.96. The molecule has 0 unspecified atom stereocenters. The largest absolute Gasteiger partial charge is 0.508 e. The lowest BCUT2D eigenvalue weighted by Gasteiger charge is -2.29. The number of nitrogens with zero attached hydrogens (tertiary/aromatic N) is 2. The van der Waals surface area contributed by atoms with Gasteiger partial charge in [-0.05, 0) is 48.4 Å². The molecule has 33 heavy (non-hydrogen) atoms. The van der Waals surface area contributed by atoms with Crippen molar-refractivity contribution in [3.63, 3.8) is 0 Å². The molecule has 0 saturated carbocycles. The standard InChI is InChI=1S/C25H28N2O6/c1-32-20-8-6-17(7-9-20)23(29)21-22(18-4-2-5-19(28)16-18)27(25(31)24(21)30)11-3-10-26-12-14-33-15-13-26/h2,4-9,16,22,28-29H,3,10-15H2,1H3/t22-/m0/s1. The molecule has 0 aromatic heterocycles. The first-order valence-corrected chi connectivity index (χ1v) is 11.0. The number of ketones is 1. The summed E-state index contributed by atoms with van der Waals surface area (Å²) in [5, 5.41) is 21.1. The summed E-state index contributed by atoms with van der Waals surface area (Å²) in [6, 6.07) is 12.3. The van der Waals surface area contributed by atoms with E-state index in [0.717, 1.165) is 19.6 Å². The summed E-state index contributed by atoms with van der Waals surface area (Å²) in [5.41, 5.74) is 0.991. The Morgan fingerprint density at radius 1 is 1.09 bits per heavy atom. The van der Waals surface area contributed by atoms with E-state index in [-0.39, 0.29) is 17.1 Å². The summed E-state index contributed by atoms with van der Waals surface area (Å²) in [6.07, 6.45) is 0.672. The minimum Gasteiger partial charge on any atom is -0.508 e. The van der Waals surface area contributed by atoms with Gasteiger partial charge in [0.1, 0.15) is 17.3 Å². The number of phenolic OH excluding ortho intramolecular Hbond substituents is 1. The van der Waals surface area contributed by atoms with Gasteiger partial charge in [0.15, 0.2) is 0 Å². The number of aliphatic hydroxyl groups is 1. The van der Waals surface area contributed by atoms with Gasteiger partial charge in [-0.2, -0.15) is 0 Å². The molecule has 8 heteroatoms. The summed E-state index contributed by atoms with van der Waals surface area (Å²) >= 11 is 0. The van der Waals surface area contributed by atoms with Crippen LogP contribution in [0.15, 0.2) is 54.1 Å². The summed E-state index contributed by atoms with van der Waals surface area (Å²) in [4.78, 5) is 29.8. The number of aliphatic hydroxyl groups excluding tert-OH is 1. The van der Waals surface area contributed by atoms with E-state index in [1.165, 1.54) is 17.0 Å². The number of Topliss-reactive ketones (excluding diaryl/α,β-unsaturated/α-hetero) is 1. The average Bonchev–Trinajstić information content (AvgIpc) is 3.09. The Hall–Kier alpha value is -3.36. The molecule has 2 aliphatic rings. The van der Waals surface area contributed by atoms with Crippen molar-refractivity contribution >= 4 is 17.4 Å². The maximum atomic E-state index is 13.1. The lowest BCUT2D eigenvalue weighted by Crippen LogP contribution is -2.38. The molecule has 8 nitrogen and oxygen atoms in total. The van der Waals surface area contributed by atoms with Gasteiger partial charge in [-0.3, -0.25) is 14.5 Å². The fourth-order valence-corrected chi connectivity index (χ4v) is 4.35. The molecule has 2 aromatic rings. The molecule has 0 spiro atoms. The maximum Gasteiger partial charge on any atom is 0.295 e. The van der Waals surface area contributed by atoms with Gasteiger partial charge in [-0.15, -0.1) is 0 Å².